The highest BCUT2D eigenvalue weighted by molar-refractivity contribution is 5.91. The third-order valence-corrected chi connectivity index (χ3v) is 3.07. The van der Waals surface area contributed by atoms with E-state index in [1.165, 1.54) is 0 Å². The molecule has 0 saturated heterocycles. The first-order valence-corrected chi connectivity index (χ1v) is 7.82. The van der Waals surface area contributed by atoms with Crippen molar-refractivity contribution in [2.75, 3.05) is 5.32 Å². The summed E-state index contributed by atoms with van der Waals surface area (Å²) in [5.74, 6) is -1.63. The summed E-state index contributed by atoms with van der Waals surface area (Å²) in [5.41, 5.74) is 0.505. The molecule has 0 bridgehead atoms. The lowest BCUT2D eigenvalue weighted by Crippen LogP contribution is -2.43. The number of carbonyl (C=O) groups is 3. The molecule has 0 aliphatic carbocycles. The number of aliphatic carboxylic acids is 1. The largest absolute Gasteiger partial charge is 0.480 e. The van der Waals surface area contributed by atoms with E-state index in [0.29, 0.717) is 11.3 Å². The number of carboxylic acids is 1. The Bertz CT molecular complexity index is 607. The summed E-state index contributed by atoms with van der Waals surface area (Å²) in [6.07, 6.45) is -1.01. The van der Waals surface area contributed by atoms with Crippen molar-refractivity contribution in [2.24, 2.45) is 0 Å². The van der Waals surface area contributed by atoms with Gasteiger partial charge in [0.15, 0.2) is 0 Å². The Kier molecular flexibility index (Phi) is 7.38. The summed E-state index contributed by atoms with van der Waals surface area (Å²) in [5, 5.41) is 23.0. The maximum Gasteiger partial charge on any atom is 0.408 e. The molecule has 0 unspecified atom stereocenters. The van der Waals surface area contributed by atoms with Gasteiger partial charge < -0.3 is 25.6 Å². The monoisotopic (exact) mass is 352 g/mol. The van der Waals surface area contributed by atoms with Gasteiger partial charge in [0.2, 0.25) is 5.91 Å². The molecular weight excluding hydrogens is 328 g/mol. The molecule has 0 aliphatic rings. The summed E-state index contributed by atoms with van der Waals surface area (Å²) in [6.45, 7) is 4.90. The average molecular weight is 352 g/mol. The smallest absolute Gasteiger partial charge is 0.408 e. The van der Waals surface area contributed by atoms with Gasteiger partial charge in [-0.3, -0.25) is 4.79 Å². The number of carbonyl (C=O) groups excluding carboxylic acids is 2. The van der Waals surface area contributed by atoms with E-state index in [4.69, 9.17) is 14.9 Å². The normalized spacial score (nSPS) is 12.2. The molecule has 0 saturated carbocycles. The van der Waals surface area contributed by atoms with Crippen LogP contribution < -0.4 is 10.6 Å². The predicted octanol–water partition coefficient (Wildman–Crippen LogP) is 1.88. The van der Waals surface area contributed by atoms with Crippen LogP contribution in [0, 0.1) is 0 Å². The molecule has 1 aromatic carbocycles. The summed E-state index contributed by atoms with van der Waals surface area (Å²) in [7, 11) is 0. The van der Waals surface area contributed by atoms with Gasteiger partial charge in [0, 0.05) is 12.1 Å². The van der Waals surface area contributed by atoms with Crippen molar-refractivity contribution in [1.29, 1.82) is 0 Å². The molecule has 0 radical (unpaired) electrons. The first-order chi connectivity index (χ1) is 11.6. The summed E-state index contributed by atoms with van der Waals surface area (Å²) in [6, 6.07) is 5.38. The lowest BCUT2D eigenvalue weighted by Gasteiger charge is -2.21. The van der Waals surface area contributed by atoms with Gasteiger partial charge in [-0.15, -0.1) is 0 Å². The van der Waals surface area contributed by atoms with Gasteiger partial charge >= 0.3 is 12.1 Å². The molecule has 8 nitrogen and oxygen atoms in total. The second kappa shape index (κ2) is 9.03. The van der Waals surface area contributed by atoms with E-state index < -0.39 is 23.7 Å². The van der Waals surface area contributed by atoms with Crippen LogP contribution in [0.2, 0.25) is 0 Å². The van der Waals surface area contributed by atoms with Crippen LogP contribution in [0.3, 0.4) is 0 Å². The Balaban J connectivity index is 2.51. The first kappa shape index (κ1) is 20.4. The number of alkyl carbamates (subject to hydrolysis) is 1. The molecule has 2 amide bonds. The number of amides is 2. The molecule has 25 heavy (non-hydrogen) atoms. The molecule has 0 spiro atoms. The van der Waals surface area contributed by atoms with Crippen molar-refractivity contribution < 1.29 is 29.3 Å². The van der Waals surface area contributed by atoms with Gasteiger partial charge in [0.05, 0.1) is 6.61 Å². The molecule has 1 atom stereocenters. The molecule has 138 valence electrons. The van der Waals surface area contributed by atoms with Crippen LogP contribution in [-0.4, -0.2) is 39.8 Å². The van der Waals surface area contributed by atoms with E-state index in [1.54, 1.807) is 45.0 Å². The minimum atomic E-state index is -1.24. The van der Waals surface area contributed by atoms with Crippen molar-refractivity contribution in [3.05, 3.63) is 29.8 Å². The fourth-order valence-corrected chi connectivity index (χ4v) is 1.90. The molecule has 0 fully saturated rings. The fourth-order valence-electron chi connectivity index (χ4n) is 1.90. The summed E-state index contributed by atoms with van der Waals surface area (Å²) < 4.78 is 5.01. The van der Waals surface area contributed by atoms with Crippen molar-refractivity contribution in [2.45, 2.75) is 51.9 Å². The van der Waals surface area contributed by atoms with Crippen LogP contribution in [-0.2, 0) is 20.9 Å². The van der Waals surface area contributed by atoms with E-state index >= 15 is 0 Å². The number of ether oxygens (including phenoxy) is 1. The van der Waals surface area contributed by atoms with Crippen LogP contribution in [0.4, 0.5) is 10.5 Å². The minimum Gasteiger partial charge on any atom is -0.480 e. The van der Waals surface area contributed by atoms with Gasteiger partial charge in [-0.1, -0.05) is 12.1 Å². The molecule has 1 rings (SSSR count). The third-order valence-electron chi connectivity index (χ3n) is 3.07. The Morgan fingerprint density at radius 1 is 1.16 bits per heavy atom. The zero-order valence-corrected chi connectivity index (χ0v) is 14.5. The lowest BCUT2D eigenvalue weighted by molar-refractivity contribution is -0.139. The van der Waals surface area contributed by atoms with E-state index in [9.17, 15) is 14.4 Å². The van der Waals surface area contributed by atoms with E-state index in [0.717, 1.165) is 0 Å². The van der Waals surface area contributed by atoms with Crippen molar-refractivity contribution in [3.8, 4) is 0 Å². The van der Waals surface area contributed by atoms with Crippen molar-refractivity contribution in [3.63, 3.8) is 0 Å². The maximum absolute atomic E-state index is 11.9. The minimum absolute atomic E-state index is 0.0743. The van der Waals surface area contributed by atoms with Crippen LogP contribution in [0.1, 0.15) is 39.2 Å². The van der Waals surface area contributed by atoms with E-state index in [1.807, 2.05) is 0 Å². The molecule has 0 aromatic heterocycles. The molecule has 1 aromatic rings. The van der Waals surface area contributed by atoms with Crippen LogP contribution in [0.25, 0.3) is 0 Å². The van der Waals surface area contributed by atoms with Gasteiger partial charge in [-0.25, -0.2) is 9.59 Å². The number of anilines is 1. The highest BCUT2D eigenvalue weighted by Gasteiger charge is 2.24. The third kappa shape index (κ3) is 8.16. The molecule has 0 aliphatic heterocycles. The van der Waals surface area contributed by atoms with Crippen LogP contribution >= 0.6 is 0 Å². The maximum atomic E-state index is 11.9. The summed E-state index contributed by atoms with van der Waals surface area (Å²) in [4.78, 5) is 34.8. The number of hydrogen-bond acceptors (Lipinski definition) is 5. The number of carboxylic acid groups (broad SMARTS) is 1. The average Bonchev–Trinajstić information content (AvgIpc) is 2.50. The SMILES string of the molecule is CC(C)(C)OC(=O)N[C@@H](CCC(=O)Nc1ccc(CO)cc1)C(=O)O. The number of aliphatic hydroxyl groups is 1. The van der Waals surface area contributed by atoms with Gasteiger partial charge in [0.25, 0.3) is 0 Å². The second-order valence-electron chi connectivity index (χ2n) is 6.48. The Morgan fingerprint density at radius 2 is 1.76 bits per heavy atom. The highest BCUT2D eigenvalue weighted by Crippen LogP contribution is 2.11. The fraction of sp³-hybridized carbons (Fsp3) is 0.471. The zero-order chi connectivity index (χ0) is 19.0. The number of hydrogen-bond donors (Lipinski definition) is 4. The van der Waals surface area contributed by atoms with Gasteiger partial charge in [-0.05, 0) is 44.9 Å². The predicted molar refractivity (Wildman–Crippen MR) is 91.0 cm³/mol. The van der Waals surface area contributed by atoms with Crippen LogP contribution in [0.15, 0.2) is 24.3 Å². The summed E-state index contributed by atoms with van der Waals surface area (Å²) >= 11 is 0. The molecule has 4 N–H and O–H groups in total. The van der Waals surface area contributed by atoms with Crippen molar-refractivity contribution in [1.82, 2.24) is 5.32 Å². The van der Waals surface area contributed by atoms with E-state index in [-0.39, 0.29) is 25.4 Å². The number of aliphatic hydroxyl groups excluding tert-OH is 1. The quantitative estimate of drug-likeness (QED) is 0.594. The van der Waals surface area contributed by atoms with Gasteiger partial charge in [-0.2, -0.15) is 0 Å². The lowest BCUT2D eigenvalue weighted by atomic mass is 10.1. The standard InChI is InChI=1S/C17H24N2O6/c1-17(2,3)25-16(24)19-13(15(22)23)8-9-14(21)18-12-6-4-11(10-20)5-7-12/h4-7,13,20H,8-10H2,1-3H3,(H,18,21)(H,19,24)(H,22,23)/t13-/m0/s1. The second-order valence-corrected chi connectivity index (χ2v) is 6.48. The molecule has 8 heteroatoms. The van der Waals surface area contributed by atoms with E-state index in [2.05, 4.69) is 10.6 Å². The first-order valence-electron chi connectivity index (χ1n) is 7.82. The number of rotatable bonds is 7. The van der Waals surface area contributed by atoms with Crippen molar-refractivity contribution >= 4 is 23.7 Å². The highest BCUT2D eigenvalue weighted by atomic mass is 16.6. The Labute approximate surface area is 146 Å². The topological polar surface area (TPSA) is 125 Å². The zero-order valence-electron chi connectivity index (χ0n) is 14.5. The Morgan fingerprint density at radius 3 is 2.24 bits per heavy atom. The molecular formula is C17H24N2O6. The number of nitrogens with one attached hydrogen (secondary N) is 2. The Hall–Kier alpha value is -2.61. The number of benzene rings is 1. The van der Waals surface area contributed by atoms with Gasteiger partial charge in [0.1, 0.15) is 11.6 Å². The molecule has 0 heterocycles. The van der Waals surface area contributed by atoms with Crippen LogP contribution in [0.5, 0.6) is 0 Å².